The number of hydrogen-bond acceptors (Lipinski definition) is 7. The summed E-state index contributed by atoms with van der Waals surface area (Å²) in [5, 5.41) is 8.35. The Labute approximate surface area is 200 Å². The van der Waals surface area contributed by atoms with E-state index < -0.39 is 15.5 Å². The van der Waals surface area contributed by atoms with Gasteiger partial charge >= 0.3 is 5.51 Å². The average molecular weight is 522 g/mol. The molecule has 0 unspecified atom stereocenters. The van der Waals surface area contributed by atoms with Gasteiger partial charge in [-0.1, -0.05) is 18.2 Å². The zero-order chi connectivity index (χ0) is 23.9. The number of thioether (sulfide) groups is 2. The van der Waals surface area contributed by atoms with E-state index in [-0.39, 0.29) is 33.3 Å². The van der Waals surface area contributed by atoms with Gasteiger partial charge in [0.25, 0.3) is 0 Å². The SMILES string of the molecule is NS(=O)(=O)c1ccc(N[C@H](CCN2CCOCC2)CSc2ccccc2)c(SC(F)(F)F)c1. The maximum atomic E-state index is 13.2. The van der Waals surface area contributed by atoms with Crippen LogP contribution in [0, 0.1) is 0 Å². The second-order valence-corrected chi connectivity index (χ2v) is 11.2. The molecule has 1 saturated heterocycles. The minimum Gasteiger partial charge on any atom is -0.381 e. The summed E-state index contributed by atoms with van der Waals surface area (Å²) in [5.41, 5.74) is -4.35. The van der Waals surface area contributed by atoms with E-state index in [1.165, 1.54) is 12.1 Å². The molecule has 0 saturated carbocycles. The highest BCUT2D eigenvalue weighted by Gasteiger charge is 2.31. The summed E-state index contributed by atoms with van der Waals surface area (Å²) in [6.45, 7) is 3.73. The highest BCUT2D eigenvalue weighted by Crippen LogP contribution is 2.41. The van der Waals surface area contributed by atoms with Crippen molar-refractivity contribution in [1.82, 2.24) is 4.90 Å². The van der Waals surface area contributed by atoms with Crippen LogP contribution in [0.3, 0.4) is 0 Å². The van der Waals surface area contributed by atoms with Gasteiger partial charge in [0.05, 0.1) is 18.1 Å². The molecular weight excluding hydrogens is 495 g/mol. The fourth-order valence-corrected chi connectivity index (χ4v) is 5.58. The predicted molar refractivity (Wildman–Crippen MR) is 126 cm³/mol. The first kappa shape index (κ1) is 26.2. The number of morpholine rings is 1. The Balaban J connectivity index is 1.79. The highest BCUT2D eigenvalue weighted by atomic mass is 32.2. The number of nitrogens with two attached hydrogens (primary N) is 1. The molecule has 3 N–H and O–H groups in total. The first-order chi connectivity index (χ1) is 15.6. The smallest absolute Gasteiger partial charge is 0.381 e. The zero-order valence-electron chi connectivity index (χ0n) is 17.8. The van der Waals surface area contributed by atoms with Crippen LogP contribution < -0.4 is 10.5 Å². The molecule has 1 heterocycles. The average Bonchev–Trinajstić information content (AvgIpc) is 2.76. The number of benzene rings is 2. The van der Waals surface area contributed by atoms with Gasteiger partial charge in [-0.2, -0.15) is 13.2 Å². The van der Waals surface area contributed by atoms with E-state index in [2.05, 4.69) is 10.2 Å². The maximum Gasteiger partial charge on any atom is 0.446 e. The topological polar surface area (TPSA) is 84.7 Å². The molecule has 2 aromatic carbocycles. The van der Waals surface area contributed by atoms with Gasteiger partial charge in [0.15, 0.2) is 0 Å². The lowest BCUT2D eigenvalue weighted by Crippen LogP contribution is -2.39. The van der Waals surface area contributed by atoms with Crippen LogP contribution in [0.25, 0.3) is 0 Å². The Morgan fingerprint density at radius 3 is 2.45 bits per heavy atom. The maximum absolute atomic E-state index is 13.2. The van der Waals surface area contributed by atoms with E-state index in [4.69, 9.17) is 9.88 Å². The van der Waals surface area contributed by atoms with Crippen LogP contribution in [0.2, 0.25) is 0 Å². The summed E-state index contributed by atoms with van der Waals surface area (Å²) in [7, 11) is -4.13. The van der Waals surface area contributed by atoms with Crippen LogP contribution in [0.1, 0.15) is 6.42 Å². The van der Waals surface area contributed by atoms with Gasteiger partial charge in [0.2, 0.25) is 10.0 Å². The summed E-state index contributed by atoms with van der Waals surface area (Å²) in [4.78, 5) is 2.74. The van der Waals surface area contributed by atoms with Crippen molar-refractivity contribution in [3.05, 3.63) is 48.5 Å². The molecule has 2 aromatic rings. The number of ether oxygens (including phenoxy) is 1. The molecule has 1 atom stereocenters. The van der Waals surface area contributed by atoms with Gasteiger partial charge in [0.1, 0.15) is 0 Å². The lowest BCUT2D eigenvalue weighted by molar-refractivity contribution is -0.0328. The number of nitrogens with one attached hydrogen (secondary N) is 1. The van der Waals surface area contributed by atoms with Crippen molar-refractivity contribution < 1.29 is 26.3 Å². The number of sulfonamides is 1. The molecule has 0 aliphatic carbocycles. The predicted octanol–water partition coefficient (Wildman–Crippen LogP) is 4.24. The van der Waals surface area contributed by atoms with E-state index in [0.717, 1.165) is 30.6 Å². The normalized spacial score (nSPS) is 16.5. The number of hydrogen-bond donors (Lipinski definition) is 2. The molecule has 0 bridgehead atoms. The fraction of sp³-hybridized carbons (Fsp3) is 0.429. The minimum absolute atomic E-state index is 0.147. The molecule has 33 heavy (non-hydrogen) atoms. The second-order valence-electron chi connectivity index (χ2n) is 7.46. The number of primary sulfonamides is 1. The van der Waals surface area contributed by atoms with E-state index in [1.807, 2.05) is 30.3 Å². The molecule has 0 radical (unpaired) electrons. The molecule has 182 valence electrons. The van der Waals surface area contributed by atoms with Crippen molar-refractivity contribution in [2.45, 2.75) is 32.7 Å². The molecule has 12 heteroatoms. The highest BCUT2D eigenvalue weighted by molar-refractivity contribution is 8.00. The van der Waals surface area contributed by atoms with Crippen molar-refractivity contribution in [2.24, 2.45) is 5.14 Å². The Morgan fingerprint density at radius 2 is 1.82 bits per heavy atom. The van der Waals surface area contributed by atoms with Crippen molar-refractivity contribution in [1.29, 1.82) is 0 Å². The van der Waals surface area contributed by atoms with Crippen LogP contribution in [0.15, 0.2) is 63.2 Å². The van der Waals surface area contributed by atoms with Crippen LogP contribution in [0.5, 0.6) is 0 Å². The Morgan fingerprint density at radius 1 is 1.12 bits per heavy atom. The van der Waals surface area contributed by atoms with Crippen LogP contribution >= 0.6 is 23.5 Å². The fourth-order valence-electron chi connectivity index (χ4n) is 3.30. The number of halogens is 3. The van der Waals surface area contributed by atoms with Crippen molar-refractivity contribution >= 4 is 39.2 Å². The second kappa shape index (κ2) is 11.8. The molecule has 0 amide bonds. The van der Waals surface area contributed by atoms with E-state index in [0.29, 0.717) is 25.4 Å². The van der Waals surface area contributed by atoms with Crippen LogP contribution in [-0.4, -0.2) is 63.5 Å². The number of rotatable bonds is 10. The summed E-state index contributed by atoms with van der Waals surface area (Å²) in [6, 6.07) is 13.1. The van der Waals surface area contributed by atoms with Crippen molar-refractivity contribution in [2.75, 3.05) is 43.9 Å². The van der Waals surface area contributed by atoms with Crippen molar-refractivity contribution in [3.63, 3.8) is 0 Å². The Bertz CT molecular complexity index is 1000. The standard InChI is InChI=1S/C21H26F3N3O3S3/c22-21(23,24)32-20-14-18(33(25,28)29)6-7-19(20)26-16(8-9-27-10-12-30-13-11-27)15-31-17-4-2-1-3-5-17/h1-7,14,16,26H,8-13,15H2,(H2,25,28,29)/t16-/m1/s1. The molecule has 3 rings (SSSR count). The largest absolute Gasteiger partial charge is 0.446 e. The molecule has 1 fully saturated rings. The first-order valence-corrected chi connectivity index (χ1v) is 13.6. The Hall–Kier alpha value is -1.44. The number of anilines is 1. The van der Waals surface area contributed by atoms with Gasteiger partial charge in [-0.25, -0.2) is 13.6 Å². The van der Waals surface area contributed by atoms with Gasteiger partial charge in [0, 0.05) is 46.9 Å². The summed E-state index contributed by atoms with van der Waals surface area (Å²) in [6.07, 6.45) is 0.701. The number of nitrogens with zero attached hydrogens (tertiary/aromatic N) is 1. The van der Waals surface area contributed by atoms with E-state index in [9.17, 15) is 21.6 Å². The number of alkyl halides is 3. The third-order valence-electron chi connectivity index (χ3n) is 4.96. The minimum atomic E-state index is -4.57. The lowest BCUT2D eigenvalue weighted by Gasteiger charge is -2.29. The quantitative estimate of drug-likeness (QED) is 0.453. The molecule has 1 aliphatic rings. The van der Waals surface area contributed by atoms with E-state index in [1.54, 1.807) is 11.8 Å². The summed E-state index contributed by atoms with van der Waals surface area (Å²) >= 11 is 1.25. The van der Waals surface area contributed by atoms with Crippen LogP contribution in [0.4, 0.5) is 18.9 Å². The third kappa shape index (κ3) is 9.02. The van der Waals surface area contributed by atoms with Gasteiger partial charge in [-0.3, -0.25) is 4.90 Å². The molecular formula is C21H26F3N3O3S3. The summed E-state index contributed by atoms with van der Waals surface area (Å²) in [5.74, 6) is 0.626. The third-order valence-corrected chi connectivity index (χ3v) is 7.83. The first-order valence-electron chi connectivity index (χ1n) is 10.3. The van der Waals surface area contributed by atoms with Gasteiger partial charge in [-0.15, -0.1) is 11.8 Å². The zero-order valence-corrected chi connectivity index (χ0v) is 20.2. The van der Waals surface area contributed by atoms with Crippen molar-refractivity contribution in [3.8, 4) is 0 Å². The molecule has 1 aliphatic heterocycles. The molecule has 0 spiro atoms. The molecule has 0 aromatic heterocycles. The Kier molecular flexibility index (Phi) is 9.36. The van der Waals surface area contributed by atoms with E-state index >= 15 is 0 Å². The van der Waals surface area contributed by atoms with Gasteiger partial charge in [-0.05, 0) is 48.5 Å². The summed E-state index contributed by atoms with van der Waals surface area (Å²) < 4.78 is 68.3. The van der Waals surface area contributed by atoms with Crippen LogP contribution in [-0.2, 0) is 14.8 Å². The lowest BCUT2D eigenvalue weighted by atomic mass is 10.2. The van der Waals surface area contributed by atoms with Gasteiger partial charge < -0.3 is 10.1 Å². The monoisotopic (exact) mass is 521 g/mol. The molecule has 6 nitrogen and oxygen atoms in total.